The molecule has 0 atom stereocenters. The minimum atomic E-state index is -3.06. The zero-order valence-corrected chi connectivity index (χ0v) is 30.2. The van der Waals surface area contributed by atoms with Gasteiger partial charge in [-0.15, -0.1) is 0 Å². The zero-order chi connectivity index (χ0) is 30.0. The third kappa shape index (κ3) is 33.1. The lowest BCUT2D eigenvalue weighted by Crippen LogP contribution is -2.41. The minimum Gasteiger partial charge on any atom is -0.362 e. The minimum absolute atomic E-state index is 0.669. The van der Waals surface area contributed by atoms with Gasteiger partial charge >= 0.3 is 8.11 Å². The van der Waals surface area contributed by atoms with Crippen LogP contribution < -0.4 is 0 Å². The van der Waals surface area contributed by atoms with Crippen LogP contribution in [0, 0.1) is 0 Å². The van der Waals surface area contributed by atoms with Gasteiger partial charge < -0.3 is 13.3 Å². The van der Waals surface area contributed by atoms with Gasteiger partial charge in [-0.2, -0.15) is 0 Å². The van der Waals surface area contributed by atoms with Gasteiger partial charge in [-0.05, 0) is 19.3 Å². The van der Waals surface area contributed by atoms with Crippen molar-refractivity contribution in [3.05, 3.63) is 0 Å². The van der Waals surface area contributed by atoms with Gasteiger partial charge in [-0.3, -0.25) is 0 Å². The molecule has 0 heterocycles. The van der Waals surface area contributed by atoms with Crippen LogP contribution in [0.2, 0.25) is 0 Å². The van der Waals surface area contributed by atoms with Gasteiger partial charge in [0.1, 0.15) is 0 Å². The van der Waals surface area contributed by atoms with Gasteiger partial charge in [0.15, 0.2) is 0 Å². The van der Waals surface area contributed by atoms with Crippen LogP contribution in [0.15, 0.2) is 0 Å². The second-order valence-corrected chi connectivity index (χ2v) is 15.8. The molecule has 0 radical (unpaired) electrons. The van der Waals surface area contributed by atoms with E-state index in [2.05, 4.69) is 20.8 Å². The van der Waals surface area contributed by atoms with Crippen LogP contribution in [0.1, 0.15) is 213 Å². The van der Waals surface area contributed by atoms with Crippen LogP contribution in [-0.4, -0.2) is 27.9 Å². The molecule has 0 saturated heterocycles. The molecule has 0 fully saturated rings. The van der Waals surface area contributed by atoms with Gasteiger partial charge in [-0.1, -0.05) is 205 Å². The Labute approximate surface area is 265 Å². The number of rotatable bonds is 36. The molecular formula is C36H75ClO3Si. The highest BCUT2D eigenvalue weighted by atomic mass is 35.6. The van der Waals surface area contributed by atoms with E-state index < -0.39 is 8.11 Å². The molecule has 0 aromatic carbocycles. The molecule has 0 aliphatic rings. The monoisotopic (exact) mass is 619 g/mol. The summed E-state index contributed by atoms with van der Waals surface area (Å²) in [5.41, 5.74) is 0. The van der Waals surface area contributed by atoms with Gasteiger partial charge in [0.2, 0.25) is 0 Å². The second-order valence-electron chi connectivity index (χ2n) is 12.6. The summed E-state index contributed by atoms with van der Waals surface area (Å²) in [7, 11) is -3.06. The predicted molar refractivity (Wildman–Crippen MR) is 185 cm³/mol. The molecule has 3 nitrogen and oxygen atoms in total. The van der Waals surface area contributed by atoms with E-state index in [0.717, 1.165) is 19.3 Å². The molecule has 248 valence electrons. The molecule has 0 N–H and O–H groups in total. The van der Waals surface area contributed by atoms with E-state index in [1.807, 2.05) is 0 Å². The molecule has 0 saturated carbocycles. The lowest BCUT2D eigenvalue weighted by molar-refractivity contribution is 0.0767. The molecule has 0 aliphatic heterocycles. The first-order valence-electron chi connectivity index (χ1n) is 18.8. The summed E-state index contributed by atoms with van der Waals surface area (Å²) in [6, 6.07) is 0. The van der Waals surface area contributed by atoms with E-state index in [1.54, 1.807) is 0 Å². The Morgan fingerprint density at radius 1 is 0.293 bits per heavy atom. The van der Waals surface area contributed by atoms with Crippen LogP contribution in [0.4, 0.5) is 0 Å². The van der Waals surface area contributed by atoms with Crippen molar-refractivity contribution in [2.24, 2.45) is 0 Å². The maximum atomic E-state index is 6.88. The largest absolute Gasteiger partial charge is 0.613 e. The first-order valence-corrected chi connectivity index (χ1v) is 21.5. The topological polar surface area (TPSA) is 27.7 Å². The summed E-state index contributed by atoms with van der Waals surface area (Å²) in [6.45, 7) is 8.86. The van der Waals surface area contributed by atoms with Crippen molar-refractivity contribution in [1.82, 2.24) is 0 Å². The van der Waals surface area contributed by atoms with Crippen LogP contribution in [-0.2, 0) is 13.3 Å². The molecule has 41 heavy (non-hydrogen) atoms. The quantitative estimate of drug-likeness (QED) is 0.0397. The maximum absolute atomic E-state index is 6.88. The first kappa shape index (κ1) is 41.4. The third-order valence-corrected chi connectivity index (χ3v) is 10.9. The average molecular weight is 620 g/mol. The molecule has 0 aliphatic carbocycles. The molecule has 0 aromatic rings. The zero-order valence-electron chi connectivity index (χ0n) is 28.4. The van der Waals surface area contributed by atoms with E-state index in [1.165, 1.54) is 173 Å². The summed E-state index contributed by atoms with van der Waals surface area (Å²) in [6.07, 6.45) is 39.7. The Kier molecular flexibility index (Phi) is 35.2. The molecule has 0 spiro atoms. The SMILES string of the molecule is CCCCCCCCCCCCO[Si](Cl)(OCCCCCCCCCCCC)OCCCCCCCCCCCC. The van der Waals surface area contributed by atoms with Crippen molar-refractivity contribution in [1.29, 1.82) is 0 Å². The third-order valence-electron chi connectivity index (χ3n) is 8.32. The van der Waals surface area contributed by atoms with Crippen LogP contribution in [0.5, 0.6) is 0 Å². The number of halogens is 1. The molecule has 0 amide bonds. The van der Waals surface area contributed by atoms with E-state index in [4.69, 9.17) is 24.4 Å². The summed E-state index contributed by atoms with van der Waals surface area (Å²) in [5.74, 6) is 0. The lowest BCUT2D eigenvalue weighted by Gasteiger charge is -2.23. The van der Waals surface area contributed by atoms with Gasteiger partial charge in [0.05, 0.1) is 0 Å². The molecule has 0 aromatic heterocycles. The number of hydrogen-bond donors (Lipinski definition) is 0. The second kappa shape index (κ2) is 34.9. The molecule has 0 unspecified atom stereocenters. The fourth-order valence-corrected chi connectivity index (χ4v) is 7.58. The number of unbranched alkanes of at least 4 members (excludes halogenated alkanes) is 27. The van der Waals surface area contributed by atoms with Crippen molar-refractivity contribution in [3.8, 4) is 0 Å². The van der Waals surface area contributed by atoms with Crippen LogP contribution in [0.3, 0.4) is 0 Å². The summed E-state index contributed by atoms with van der Waals surface area (Å²) in [5, 5.41) is 0. The van der Waals surface area contributed by atoms with Crippen LogP contribution >= 0.6 is 11.1 Å². The van der Waals surface area contributed by atoms with Crippen molar-refractivity contribution in [2.75, 3.05) is 19.8 Å². The van der Waals surface area contributed by atoms with Gasteiger partial charge in [0, 0.05) is 19.8 Å². The van der Waals surface area contributed by atoms with E-state index in [-0.39, 0.29) is 0 Å². The summed E-state index contributed by atoms with van der Waals surface area (Å²) in [4.78, 5) is 0. The highest BCUT2D eigenvalue weighted by molar-refractivity contribution is 7.09. The summed E-state index contributed by atoms with van der Waals surface area (Å²) >= 11 is 6.88. The van der Waals surface area contributed by atoms with Crippen LogP contribution in [0.25, 0.3) is 0 Å². The molecule has 0 rings (SSSR count). The standard InChI is InChI=1S/C36H75ClO3Si/c1-4-7-10-13-16-19-22-25-28-31-34-38-41(37,39-35-32-29-26-23-20-17-14-11-8-5-2)40-36-33-30-27-24-21-18-15-12-9-6-3/h4-36H2,1-3H3. The highest BCUT2D eigenvalue weighted by Crippen LogP contribution is 2.20. The van der Waals surface area contributed by atoms with Gasteiger partial charge in [0.25, 0.3) is 0 Å². The highest BCUT2D eigenvalue weighted by Gasteiger charge is 2.39. The number of hydrogen-bond acceptors (Lipinski definition) is 3. The molecule has 0 bridgehead atoms. The van der Waals surface area contributed by atoms with Crippen molar-refractivity contribution in [2.45, 2.75) is 213 Å². The Morgan fingerprint density at radius 3 is 0.659 bits per heavy atom. The Balaban J connectivity index is 4.06. The lowest BCUT2D eigenvalue weighted by atomic mass is 10.1. The van der Waals surface area contributed by atoms with Crippen molar-refractivity contribution in [3.63, 3.8) is 0 Å². The van der Waals surface area contributed by atoms with Gasteiger partial charge in [-0.25, -0.2) is 0 Å². The Hall–Kier alpha value is 0.387. The average Bonchev–Trinajstić information content (AvgIpc) is 2.97. The first-order chi connectivity index (χ1) is 20.2. The normalized spacial score (nSPS) is 12.0. The molecule has 5 heteroatoms. The summed E-state index contributed by atoms with van der Waals surface area (Å²) < 4.78 is 18.4. The Bertz CT molecular complexity index is 415. The van der Waals surface area contributed by atoms with E-state index in [0.29, 0.717) is 19.8 Å². The van der Waals surface area contributed by atoms with Crippen molar-refractivity contribution < 1.29 is 13.3 Å². The Morgan fingerprint density at radius 2 is 0.463 bits per heavy atom. The maximum Gasteiger partial charge on any atom is 0.613 e. The fraction of sp³-hybridized carbons (Fsp3) is 1.00. The predicted octanol–water partition coefficient (Wildman–Crippen LogP) is 13.5. The smallest absolute Gasteiger partial charge is 0.362 e. The fourth-order valence-electron chi connectivity index (χ4n) is 5.48. The van der Waals surface area contributed by atoms with Crippen molar-refractivity contribution >= 4 is 19.2 Å². The van der Waals surface area contributed by atoms with E-state index in [9.17, 15) is 0 Å². The van der Waals surface area contributed by atoms with E-state index >= 15 is 0 Å². The molecular weight excluding hydrogens is 544 g/mol.